The van der Waals surface area contributed by atoms with Crippen LogP contribution in [-0.4, -0.2) is 28.9 Å². The quantitative estimate of drug-likeness (QED) is 0.825. The summed E-state index contributed by atoms with van der Waals surface area (Å²) in [5.74, 6) is -0.407. The minimum atomic E-state index is -0.280. The summed E-state index contributed by atoms with van der Waals surface area (Å²) in [6.07, 6.45) is 2.73. The van der Waals surface area contributed by atoms with Crippen LogP contribution >= 0.6 is 15.9 Å². The van der Waals surface area contributed by atoms with E-state index >= 15 is 0 Å². The van der Waals surface area contributed by atoms with E-state index in [1.54, 1.807) is 11.1 Å². The van der Waals surface area contributed by atoms with Gasteiger partial charge in [-0.05, 0) is 24.6 Å². The van der Waals surface area contributed by atoms with Crippen LogP contribution in [0.3, 0.4) is 0 Å². The van der Waals surface area contributed by atoms with Gasteiger partial charge in [0.05, 0.1) is 6.54 Å². The maximum atomic E-state index is 14.5. The highest BCUT2D eigenvalue weighted by atomic mass is 79.9. The number of nitrogens with zero attached hydrogens (tertiary/aromatic N) is 3. The van der Waals surface area contributed by atoms with E-state index in [1.807, 2.05) is 18.2 Å². The molecule has 118 valence electrons. The molecule has 1 fully saturated rings. The van der Waals surface area contributed by atoms with Gasteiger partial charge < -0.3 is 9.80 Å². The average Bonchev–Trinajstić information content (AvgIpc) is 2.78. The Hall–Kier alpha value is -1.95. The Bertz CT molecular complexity index is 791. The Kier molecular flexibility index (Phi) is 3.56. The third-order valence-electron chi connectivity index (χ3n) is 4.42. The first-order chi connectivity index (χ1) is 11.1. The zero-order valence-corrected chi connectivity index (χ0v) is 14.0. The minimum absolute atomic E-state index is 0.127. The first-order valence-electron chi connectivity index (χ1n) is 7.59. The predicted octanol–water partition coefficient (Wildman–Crippen LogP) is 3.35. The second-order valence-corrected chi connectivity index (χ2v) is 6.81. The number of pyridine rings is 1. The van der Waals surface area contributed by atoms with E-state index in [4.69, 9.17) is 0 Å². The van der Waals surface area contributed by atoms with Crippen LogP contribution in [0.5, 0.6) is 0 Å². The maximum absolute atomic E-state index is 14.5. The summed E-state index contributed by atoms with van der Waals surface area (Å²) in [6, 6.07) is 7.11. The van der Waals surface area contributed by atoms with Gasteiger partial charge in [-0.2, -0.15) is 0 Å². The molecule has 2 aromatic rings. The molecule has 1 amide bonds. The van der Waals surface area contributed by atoms with Crippen LogP contribution in [0.4, 0.5) is 10.1 Å². The molecule has 0 atom stereocenters. The van der Waals surface area contributed by atoms with Crippen molar-refractivity contribution in [3.63, 3.8) is 0 Å². The summed E-state index contributed by atoms with van der Waals surface area (Å²) in [6.45, 7) is 2.61. The summed E-state index contributed by atoms with van der Waals surface area (Å²) in [4.78, 5) is 20.4. The number of rotatable bonds is 3. The Labute approximate surface area is 142 Å². The molecule has 23 heavy (non-hydrogen) atoms. The smallest absolute Gasteiger partial charge is 0.273 e. The summed E-state index contributed by atoms with van der Waals surface area (Å²) in [5, 5.41) is 0. The molecule has 4 nitrogen and oxygen atoms in total. The molecule has 0 radical (unpaired) electrons. The second-order valence-electron chi connectivity index (χ2n) is 5.90. The molecule has 1 saturated heterocycles. The van der Waals surface area contributed by atoms with Crippen molar-refractivity contribution in [3.05, 3.63) is 57.6 Å². The predicted molar refractivity (Wildman–Crippen MR) is 88.7 cm³/mol. The van der Waals surface area contributed by atoms with E-state index in [9.17, 15) is 9.18 Å². The monoisotopic (exact) mass is 375 g/mol. The van der Waals surface area contributed by atoms with Gasteiger partial charge in [-0.15, -0.1) is 0 Å². The van der Waals surface area contributed by atoms with Crippen molar-refractivity contribution in [2.24, 2.45) is 0 Å². The number of halogens is 2. The zero-order chi connectivity index (χ0) is 16.0. The van der Waals surface area contributed by atoms with Crippen molar-refractivity contribution in [2.75, 3.05) is 18.0 Å². The maximum Gasteiger partial charge on any atom is 0.273 e. The summed E-state index contributed by atoms with van der Waals surface area (Å²) >= 11 is 3.36. The van der Waals surface area contributed by atoms with Gasteiger partial charge in [0, 0.05) is 47.1 Å². The fourth-order valence-electron chi connectivity index (χ4n) is 3.09. The summed E-state index contributed by atoms with van der Waals surface area (Å²) in [5.41, 5.74) is 2.84. The Morgan fingerprint density at radius 3 is 2.83 bits per heavy atom. The van der Waals surface area contributed by atoms with Gasteiger partial charge in [0.1, 0.15) is 11.5 Å². The van der Waals surface area contributed by atoms with Gasteiger partial charge in [-0.25, -0.2) is 4.39 Å². The van der Waals surface area contributed by atoms with E-state index in [-0.39, 0.29) is 18.3 Å². The van der Waals surface area contributed by atoms with E-state index in [1.165, 1.54) is 6.07 Å². The first-order valence-corrected chi connectivity index (χ1v) is 8.39. The molecular weight excluding hydrogens is 361 g/mol. The highest BCUT2D eigenvalue weighted by molar-refractivity contribution is 9.10. The van der Waals surface area contributed by atoms with Crippen LogP contribution in [0.1, 0.15) is 28.0 Å². The largest absolute Gasteiger partial charge is 0.371 e. The number of hydrogen-bond acceptors (Lipinski definition) is 3. The molecule has 0 aliphatic carbocycles. The summed E-state index contributed by atoms with van der Waals surface area (Å²) in [7, 11) is 0. The molecule has 0 unspecified atom stereocenters. The summed E-state index contributed by atoms with van der Waals surface area (Å²) < 4.78 is 15.3. The van der Waals surface area contributed by atoms with Crippen LogP contribution in [0, 0.1) is 5.82 Å². The zero-order valence-electron chi connectivity index (χ0n) is 12.4. The molecule has 0 spiro atoms. The lowest BCUT2D eigenvalue weighted by Crippen LogP contribution is -2.38. The van der Waals surface area contributed by atoms with Crippen molar-refractivity contribution in [1.29, 1.82) is 0 Å². The molecule has 0 saturated carbocycles. The topological polar surface area (TPSA) is 36.4 Å². The third kappa shape index (κ3) is 2.51. The number of aromatic nitrogens is 1. The third-order valence-corrected chi connectivity index (χ3v) is 4.88. The first kappa shape index (κ1) is 14.6. The Morgan fingerprint density at radius 1 is 1.30 bits per heavy atom. The van der Waals surface area contributed by atoms with Crippen LogP contribution in [0.25, 0.3) is 0 Å². The van der Waals surface area contributed by atoms with E-state index in [0.717, 1.165) is 35.2 Å². The number of hydrogen-bond donors (Lipinski definition) is 0. The number of anilines is 1. The minimum Gasteiger partial charge on any atom is -0.371 e. The number of carbonyl (C=O) groups is 1. The van der Waals surface area contributed by atoms with Gasteiger partial charge in [-0.3, -0.25) is 9.78 Å². The van der Waals surface area contributed by atoms with Crippen molar-refractivity contribution in [1.82, 2.24) is 9.88 Å². The van der Waals surface area contributed by atoms with E-state index < -0.39 is 0 Å². The molecule has 4 rings (SSSR count). The number of benzene rings is 1. The van der Waals surface area contributed by atoms with Gasteiger partial charge in [0.15, 0.2) is 0 Å². The molecule has 6 heteroatoms. The van der Waals surface area contributed by atoms with Crippen molar-refractivity contribution >= 4 is 27.5 Å². The number of carbonyl (C=O) groups excluding carboxylic acids is 1. The van der Waals surface area contributed by atoms with Crippen molar-refractivity contribution in [2.45, 2.75) is 19.5 Å². The van der Waals surface area contributed by atoms with Crippen LogP contribution in [0.2, 0.25) is 0 Å². The standard InChI is InChI=1S/C17H15BrFN3O/c18-12-7-14(19)13(15(8-12)21-5-2-6-21)10-22-9-11-3-1-4-20-16(11)17(22)23/h1,3-4,7-8H,2,5-6,9-10H2. The lowest BCUT2D eigenvalue weighted by atomic mass is 10.1. The van der Waals surface area contributed by atoms with Crippen molar-refractivity contribution in [3.8, 4) is 0 Å². The lowest BCUT2D eigenvalue weighted by molar-refractivity contribution is 0.0761. The van der Waals surface area contributed by atoms with Gasteiger partial charge in [0.2, 0.25) is 0 Å². The average molecular weight is 376 g/mol. The molecule has 0 bridgehead atoms. The number of fused-ring (bicyclic) bond motifs is 1. The van der Waals surface area contributed by atoms with Gasteiger partial charge in [-0.1, -0.05) is 22.0 Å². The fraction of sp³-hybridized carbons (Fsp3) is 0.294. The Morgan fingerprint density at radius 2 is 2.13 bits per heavy atom. The molecule has 2 aliphatic heterocycles. The molecular formula is C17H15BrFN3O. The molecule has 0 N–H and O–H groups in total. The van der Waals surface area contributed by atoms with Gasteiger partial charge >= 0.3 is 0 Å². The molecule has 1 aromatic carbocycles. The fourth-order valence-corrected chi connectivity index (χ4v) is 3.51. The second kappa shape index (κ2) is 5.60. The Balaban J connectivity index is 1.66. The highest BCUT2D eigenvalue weighted by Gasteiger charge is 2.30. The SMILES string of the molecule is O=C1c2ncccc2CN1Cc1c(F)cc(Br)cc1N1CCC1. The number of amides is 1. The van der Waals surface area contributed by atoms with Crippen LogP contribution in [-0.2, 0) is 13.1 Å². The highest BCUT2D eigenvalue weighted by Crippen LogP contribution is 2.33. The molecule has 2 aliphatic rings. The lowest BCUT2D eigenvalue weighted by Gasteiger charge is -2.35. The normalized spacial score (nSPS) is 16.5. The van der Waals surface area contributed by atoms with E-state index in [0.29, 0.717) is 17.8 Å². The van der Waals surface area contributed by atoms with Gasteiger partial charge in [0.25, 0.3) is 5.91 Å². The van der Waals surface area contributed by atoms with Crippen LogP contribution in [0.15, 0.2) is 34.9 Å². The van der Waals surface area contributed by atoms with Crippen molar-refractivity contribution < 1.29 is 9.18 Å². The van der Waals surface area contributed by atoms with Crippen LogP contribution < -0.4 is 4.90 Å². The molecule has 3 heterocycles. The molecule has 1 aromatic heterocycles. The van der Waals surface area contributed by atoms with E-state index in [2.05, 4.69) is 25.8 Å².